The van der Waals surface area contributed by atoms with Gasteiger partial charge in [0.05, 0.1) is 18.8 Å². The van der Waals surface area contributed by atoms with E-state index < -0.39 is 12.1 Å². The van der Waals surface area contributed by atoms with Crippen molar-refractivity contribution in [3.8, 4) is 0 Å². The summed E-state index contributed by atoms with van der Waals surface area (Å²) in [6.45, 7) is 4.20. The third-order valence-corrected chi connectivity index (χ3v) is 8.86. The Balaban J connectivity index is 3.69. The number of aliphatic hydroxyl groups excluding tert-OH is 2. The lowest BCUT2D eigenvalue weighted by Crippen LogP contribution is -2.45. The van der Waals surface area contributed by atoms with E-state index in [4.69, 9.17) is 0 Å². The highest BCUT2D eigenvalue weighted by Crippen LogP contribution is 2.13. The van der Waals surface area contributed by atoms with Crippen LogP contribution in [0.2, 0.25) is 0 Å². The lowest BCUT2D eigenvalue weighted by atomic mass is 10.0. The molecule has 0 aliphatic carbocycles. The zero-order valence-electron chi connectivity index (χ0n) is 33.1. The van der Waals surface area contributed by atoms with Crippen LogP contribution in [0.15, 0.2) is 97.2 Å². The molecule has 0 aliphatic heterocycles. The van der Waals surface area contributed by atoms with Gasteiger partial charge < -0.3 is 15.5 Å². The number of unbranched alkanes of at least 4 members (excludes halogenated alkanes) is 13. The summed E-state index contributed by atoms with van der Waals surface area (Å²) in [5.41, 5.74) is 0. The number of nitrogens with one attached hydrogen (secondary N) is 1. The van der Waals surface area contributed by atoms with E-state index in [1.165, 1.54) is 51.4 Å². The Kier molecular flexibility index (Phi) is 39.5. The lowest BCUT2D eigenvalue weighted by Gasteiger charge is -2.22. The van der Waals surface area contributed by atoms with Crippen LogP contribution in [0.4, 0.5) is 0 Å². The van der Waals surface area contributed by atoms with Crippen molar-refractivity contribution >= 4 is 5.91 Å². The molecule has 0 saturated heterocycles. The quantitative estimate of drug-likeness (QED) is 0.0449. The van der Waals surface area contributed by atoms with Gasteiger partial charge in [-0.1, -0.05) is 188 Å². The summed E-state index contributed by atoms with van der Waals surface area (Å²) in [4.78, 5) is 12.3. The van der Waals surface area contributed by atoms with E-state index in [0.717, 1.165) is 96.3 Å². The van der Waals surface area contributed by atoms with Gasteiger partial charge in [0.15, 0.2) is 0 Å². The molecule has 51 heavy (non-hydrogen) atoms. The van der Waals surface area contributed by atoms with E-state index >= 15 is 0 Å². The monoisotopic (exact) mass is 706 g/mol. The first-order valence-corrected chi connectivity index (χ1v) is 20.9. The van der Waals surface area contributed by atoms with Crippen molar-refractivity contribution in [2.24, 2.45) is 0 Å². The lowest BCUT2D eigenvalue weighted by molar-refractivity contribution is -0.123. The number of allylic oxidation sites excluding steroid dienone is 16. The van der Waals surface area contributed by atoms with Gasteiger partial charge in [0.25, 0.3) is 0 Å². The number of carbonyl (C=O) groups is 1. The Hall–Kier alpha value is -2.69. The first-order chi connectivity index (χ1) is 25.2. The number of rotatable bonds is 36. The Labute approximate surface area is 315 Å². The zero-order valence-corrected chi connectivity index (χ0v) is 33.1. The van der Waals surface area contributed by atoms with Gasteiger partial charge in [-0.25, -0.2) is 0 Å². The van der Waals surface area contributed by atoms with Crippen LogP contribution in [0.25, 0.3) is 0 Å². The summed E-state index contributed by atoms with van der Waals surface area (Å²) in [5, 5.41) is 23.0. The highest BCUT2D eigenvalue weighted by molar-refractivity contribution is 5.76. The molecule has 0 radical (unpaired) electrons. The molecule has 2 unspecified atom stereocenters. The molecule has 0 heterocycles. The van der Waals surface area contributed by atoms with Crippen molar-refractivity contribution in [2.45, 2.75) is 187 Å². The van der Waals surface area contributed by atoms with Gasteiger partial charge >= 0.3 is 0 Å². The van der Waals surface area contributed by atoms with E-state index in [-0.39, 0.29) is 12.5 Å². The summed E-state index contributed by atoms with van der Waals surface area (Å²) in [7, 11) is 0. The van der Waals surface area contributed by atoms with Gasteiger partial charge in [-0.2, -0.15) is 0 Å². The molecular formula is C47H79NO3. The first kappa shape index (κ1) is 48.3. The van der Waals surface area contributed by atoms with Gasteiger partial charge in [-0.15, -0.1) is 0 Å². The minimum absolute atomic E-state index is 0.0631. The van der Waals surface area contributed by atoms with Crippen molar-refractivity contribution in [2.75, 3.05) is 6.61 Å². The molecule has 0 aromatic rings. The molecule has 0 saturated carbocycles. The summed E-state index contributed by atoms with van der Waals surface area (Å²) >= 11 is 0. The predicted octanol–water partition coefficient (Wildman–Crippen LogP) is 13.1. The van der Waals surface area contributed by atoms with E-state index in [9.17, 15) is 15.0 Å². The molecule has 0 fully saturated rings. The maximum Gasteiger partial charge on any atom is 0.220 e. The molecule has 0 aromatic heterocycles. The normalized spacial score (nSPS) is 14.0. The molecule has 1 amide bonds. The van der Waals surface area contributed by atoms with Crippen molar-refractivity contribution in [1.82, 2.24) is 5.32 Å². The van der Waals surface area contributed by atoms with Crippen molar-refractivity contribution < 1.29 is 15.0 Å². The number of amides is 1. The second-order valence-electron chi connectivity index (χ2n) is 13.7. The van der Waals surface area contributed by atoms with Crippen LogP contribution in [0, 0.1) is 0 Å². The fourth-order valence-corrected chi connectivity index (χ4v) is 5.67. The van der Waals surface area contributed by atoms with Gasteiger partial charge in [0.1, 0.15) is 0 Å². The molecule has 4 heteroatoms. The van der Waals surface area contributed by atoms with Crippen LogP contribution in [0.3, 0.4) is 0 Å². The summed E-state index contributed by atoms with van der Waals surface area (Å²) < 4.78 is 0. The Bertz CT molecular complexity index is 983. The highest BCUT2D eigenvalue weighted by atomic mass is 16.3. The third-order valence-electron chi connectivity index (χ3n) is 8.86. The topological polar surface area (TPSA) is 69.6 Å². The minimum Gasteiger partial charge on any atom is -0.394 e. The van der Waals surface area contributed by atoms with Gasteiger partial charge in [0.2, 0.25) is 5.91 Å². The average Bonchev–Trinajstić information content (AvgIpc) is 3.13. The van der Waals surface area contributed by atoms with Crippen LogP contribution < -0.4 is 5.32 Å². The molecule has 0 bridgehead atoms. The van der Waals surface area contributed by atoms with E-state index in [1.807, 2.05) is 0 Å². The van der Waals surface area contributed by atoms with Gasteiger partial charge in [-0.3, -0.25) is 4.79 Å². The maximum atomic E-state index is 12.3. The maximum absolute atomic E-state index is 12.3. The Morgan fingerprint density at radius 2 is 0.863 bits per heavy atom. The highest BCUT2D eigenvalue weighted by Gasteiger charge is 2.19. The number of carbonyl (C=O) groups excluding carboxylic acids is 1. The van der Waals surface area contributed by atoms with Crippen molar-refractivity contribution in [3.05, 3.63) is 97.2 Å². The zero-order chi connectivity index (χ0) is 37.1. The molecule has 3 N–H and O–H groups in total. The van der Waals surface area contributed by atoms with Crippen LogP contribution in [-0.4, -0.2) is 34.9 Å². The van der Waals surface area contributed by atoms with E-state index in [2.05, 4.69) is 116 Å². The van der Waals surface area contributed by atoms with Crippen LogP contribution >= 0.6 is 0 Å². The van der Waals surface area contributed by atoms with Crippen LogP contribution in [0.5, 0.6) is 0 Å². The molecule has 290 valence electrons. The first-order valence-electron chi connectivity index (χ1n) is 20.9. The smallest absolute Gasteiger partial charge is 0.220 e. The fraction of sp³-hybridized carbons (Fsp3) is 0.638. The van der Waals surface area contributed by atoms with E-state index in [1.54, 1.807) is 0 Å². The summed E-state index contributed by atoms with van der Waals surface area (Å²) in [5.74, 6) is -0.0631. The third kappa shape index (κ3) is 38.4. The molecular weight excluding hydrogens is 627 g/mol. The number of hydrogen-bond donors (Lipinski definition) is 3. The Morgan fingerprint density at radius 3 is 1.29 bits per heavy atom. The largest absolute Gasteiger partial charge is 0.394 e. The predicted molar refractivity (Wildman–Crippen MR) is 225 cm³/mol. The molecule has 0 aliphatic rings. The Morgan fingerprint density at radius 1 is 0.490 bits per heavy atom. The number of hydrogen-bond acceptors (Lipinski definition) is 3. The average molecular weight is 706 g/mol. The second-order valence-corrected chi connectivity index (χ2v) is 13.7. The molecule has 0 aromatic carbocycles. The standard InChI is InChI=1S/C47H79NO3/c1-3-5-7-9-11-13-15-16-17-18-19-20-21-22-23-24-25-26-27-28-29-30-31-32-33-35-37-39-41-43-47(51)48-45(44-49)46(50)42-40-38-36-34-14-12-10-8-6-4-2/h5,7,11,13,16-17,19-20,22-23,25-26,28-29,31-32,45-46,49-50H,3-4,6,8-10,12,14-15,18,21,24,27,30,33-44H2,1-2H3,(H,48,51)/b7-5-,13-11-,17-16-,20-19-,23-22-,26-25-,29-28-,32-31-. The minimum atomic E-state index is -0.675. The number of aliphatic hydroxyl groups is 2. The SMILES string of the molecule is CC/C=C\C/C=C\C/C=C\C/C=C\C/C=C\C/C=C\C/C=C\C/C=C\CCCCCCC(=O)NC(CO)C(O)CCCCCCCCCCCC. The molecule has 0 rings (SSSR count). The second kappa shape index (κ2) is 41.7. The fourth-order valence-electron chi connectivity index (χ4n) is 5.67. The molecule has 0 spiro atoms. The van der Waals surface area contributed by atoms with Gasteiger partial charge in [-0.05, 0) is 77.0 Å². The molecule has 4 nitrogen and oxygen atoms in total. The van der Waals surface area contributed by atoms with Crippen LogP contribution in [0.1, 0.15) is 174 Å². The van der Waals surface area contributed by atoms with Crippen molar-refractivity contribution in [3.63, 3.8) is 0 Å². The van der Waals surface area contributed by atoms with Crippen LogP contribution in [-0.2, 0) is 4.79 Å². The molecule has 2 atom stereocenters. The van der Waals surface area contributed by atoms with E-state index in [0.29, 0.717) is 12.8 Å². The summed E-state index contributed by atoms with van der Waals surface area (Å²) in [6, 6.07) is -0.555. The van der Waals surface area contributed by atoms with Gasteiger partial charge in [0, 0.05) is 6.42 Å². The van der Waals surface area contributed by atoms with Crippen molar-refractivity contribution in [1.29, 1.82) is 0 Å². The summed E-state index contributed by atoms with van der Waals surface area (Å²) in [6.07, 6.45) is 61.9.